The Kier molecular flexibility index (Phi) is 4.94. The molecule has 0 saturated heterocycles. The van der Waals surface area contributed by atoms with Crippen LogP contribution in [0.4, 0.5) is 8.78 Å². The third-order valence-electron chi connectivity index (χ3n) is 1.89. The lowest BCUT2D eigenvalue weighted by Crippen LogP contribution is -2.13. The molecule has 1 rings (SSSR count). The maximum Gasteiger partial charge on any atom is 0.273 e. The first kappa shape index (κ1) is 13.3. The molecule has 0 radical (unpaired) electrons. The molecule has 1 aromatic rings. The van der Waals surface area contributed by atoms with Crippen LogP contribution in [-0.4, -0.2) is 4.98 Å². The minimum Gasteiger partial charge on any atom is -0.325 e. The Labute approximate surface area is 87.9 Å². The van der Waals surface area contributed by atoms with Crippen molar-refractivity contribution in [2.45, 2.75) is 25.8 Å². The molecule has 0 aliphatic carbocycles. The second-order valence-electron chi connectivity index (χ2n) is 2.80. The van der Waals surface area contributed by atoms with Gasteiger partial charge >= 0.3 is 0 Å². The fourth-order valence-electron chi connectivity index (χ4n) is 1.02. The first-order valence-corrected chi connectivity index (χ1v) is 4.13. The van der Waals surface area contributed by atoms with Crippen LogP contribution >= 0.6 is 12.4 Å². The topological polar surface area (TPSA) is 38.9 Å². The average molecular weight is 223 g/mol. The van der Waals surface area contributed by atoms with Gasteiger partial charge in [0.1, 0.15) is 0 Å². The molecule has 0 amide bonds. The average Bonchev–Trinajstić information content (AvgIpc) is 2.18. The Morgan fingerprint density at radius 3 is 2.64 bits per heavy atom. The van der Waals surface area contributed by atoms with Crippen LogP contribution in [0.5, 0.6) is 0 Å². The van der Waals surface area contributed by atoms with Crippen molar-refractivity contribution < 1.29 is 8.78 Å². The van der Waals surface area contributed by atoms with Crippen molar-refractivity contribution >= 4 is 12.4 Å². The second kappa shape index (κ2) is 5.22. The van der Waals surface area contributed by atoms with E-state index in [0.717, 1.165) is 0 Å². The first-order valence-electron chi connectivity index (χ1n) is 4.13. The molecule has 5 heteroatoms. The van der Waals surface area contributed by atoms with E-state index < -0.39 is 5.92 Å². The van der Waals surface area contributed by atoms with Crippen molar-refractivity contribution in [3.8, 4) is 0 Å². The zero-order chi connectivity index (χ0) is 9.90. The van der Waals surface area contributed by atoms with Crippen LogP contribution in [0.15, 0.2) is 18.3 Å². The van der Waals surface area contributed by atoms with Crippen LogP contribution in [0.2, 0.25) is 0 Å². The van der Waals surface area contributed by atoms with Gasteiger partial charge in [-0.15, -0.1) is 12.4 Å². The van der Waals surface area contributed by atoms with Crippen LogP contribution in [-0.2, 0) is 12.5 Å². The van der Waals surface area contributed by atoms with Gasteiger partial charge in [0.05, 0.1) is 5.69 Å². The maximum absolute atomic E-state index is 13.1. The first-order chi connectivity index (χ1) is 6.10. The van der Waals surface area contributed by atoms with Crippen LogP contribution < -0.4 is 5.73 Å². The number of nitrogens with zero attached hydrogens (tertiary/aromatic N) is 1. The molecule has 0 bridgehead atoms. The number of hydrogen-bond donors (Lipinski definition) is 1. The van der Waals surface area contributed by atoms with E-state index in [-0.39, 0.29) is 30.9 Å². The summed E-state index contributed by atoms with van der Waals surface area (Å²) >= 11 is 0. The van der Waals surface area contributed by atoms with E-state index in [9.17, 15) is 8.78 Å². The lowest BCUT2D eigenvalue weighted by Gasteiger charge is -2.14. The summed E-state index contributed by atoms with van der Waals surface area (Å²) in [5.74, 6) is -2.77. The van der Waals surface area contributed by atoms with Gasteiger partial charge in [-0.1, -0.05) is 6.92 Å². The summed E-state index contributed by atoms with van der Waals surface area (Å²) in [6, 6.07) is 2.67. The van der Waals surface area contributed by atoms with Crippen molar-refractivity contribution in [1.82, 2.24) is 4.98 Å². The van der Waals surface area contributed by atoms with Crippen molar-refractivity contribution in [3.05, 3.63) is 29.6 Å². The van der Waals surface area contributed by atoms with E-state index in [1.807, 2.05) is 0 Å². The Hall–Kier alpha value is -0.740. The van der Waals surface area contributed by atoms with Gasteiger partial charge in [0, 0.05) is 24.7 Å². The smallest absolute Gasteiger partial charge is 0.273 e. The summed E-state index contributed by atoms with van der Waals surface area (Å²) in [4.78, 5) is 3.85. The molecule has 1 heterocycles. The van der Waals surface area contributed by atoms with Gasteiger partial charge < -0.3 is 5.73 Å². The number of alkyl halides is 2. The highest BCUT2D eigenvalue weighted by molar-refractivity contribution is 5.85. The van der Waals surface area contributed by atoms with Crippen LogP contribution in [0.25, 0.3) is 0 Å². The highest BCUT2D eigenvalue weighted by atomic mass is 35.5. The number of nitrogens with two attached hydrogens (primary N) is 1. The molecular formula is C9H13ClF2N2. The van der Waals surface area contributed by atoms with Crippen molar-refractivity contribution in [3.63, 3.8) is 0 Å². The lowest BCUT2D eigenvalue weighted by molar-refractivity contribution is -0.00844. The normalized spacial score (nSPS) is 10.9. The molecule has 0 aromatic carbocycles. The highest BCUT2D eigenvalue weighted by Gasteiger charge is 2.28. The summed E-state index contributed by atoms with van der Waals surface area (Å²) in [6.45, 7) is 1.64. The Morgan fingerprint density at radius 2 is 2.14 bits per heavy atom. The molecule has 0 saturated carbocycles. The summed E-state index contributed by atoms with van der Waals surface area (Å²) in [6.07, 6.45) is 1.15. The van der Waals surface area contributed by atoms with E-state index in [0.29, 0.717) is 5.69 Å². The van der Waals surface area contributed by atoms with Crippen molar-refractivity contribution in [1.29, 1.82) is 0 Å². The molecule has 2 N–H and O–H groups in total. The van der Waals surface area contributed by atoms with Gasteiger partial charge in [0.15, 0.2) is 0 Å². The minimum atomic E-state index is -2.77. The van der Waals surface area contributed by atoms with Gasteiger partial charge in [-0.25, -0.2) is 8.78 Å². The van der Waals surface area contributed by atoms with Crippen LogP contribution in [0.3, 0.4) is 0 Å². The molecular weight excluding hydrogens is 210 g/mol. The largest absolute Gasteiger partial charge is 0.325 e. The number of halogens is 3. The van der Waals surface area contributed by atoms with Crippen molar-refractivity contribution in [2.24, 2.45) is 5.73 Å². The zero-order valence-corrected chi connectivity index (χ0v) is 8.65. The van der Waals surface area contributed by atoms with Crippen LogP contribution in [0, 0.1) is 0 Å². The number of rotatable bonds is 3. The molecule has 1 aromatic heterocycles. The standard InChI is InChI=1S/C9H12F2N2.ClH/c1-2-9(10,11)7-3-4-13-8(5-7)6-12;/h3-5H,2,6,12H2,1H3;1H. The Bertz CT molecular complexity index is 292. The molecule has 0 aliphatic rings. The van der Waals surface area contributed by atoms with Crippen molar-refractivity contribution in [2.75, 3.05) is 0 Å². The number of hydrogen-bond acceptors (Lipinski definition) is 2. The summed E-state index contributed by atoms with van der Waals surface area (Å²) < 4.78 is 26.3. The lowest BCUT2D eigenvalue weighted by atomic mass is 10.1. The summed E-state index contributed by atoms with van der Waals surface area (Å²) in [5, 5.41) is 0. The predicted octanol–water partition coefficient (Wildman–Crippen LogP) is 2.46. The third-order valence-corrected chi connectivity index (χ3v) is 1.89. The van der Waals surface area contributed by atoms with Gasteiger partial charge in [-0.3, -0.25) is 4.98 Å². The molecule has 80 valence electrons. The fourth-order valence-corrected chi connectivity index (χ4v) is 1.02. The molecule has 0 atom stereocenters. The van der Waals surface area contributed by atoms with Gasteiger partial charge in [0.2, 0.25) is 0 Å². The Morgan fingerprint density at radius 1 is 1.50 bits per heavy atom. The monoisotopic (exact) mass is 222 g/mol. The summed E-state index contributed by atoms with van der Waals surface area (Å²) in [5.41, 5.74) is 5.78. The Balaban J connectivity index is 0.00000169. The third kappa shape index (κ3) is 2.89. The van der Waals surface area contributed by atoms with Gasteiger partial charge in [-0.05, 0) is 12.1 Å². The second-order valence-corrected chi connectivity index (χ2v) is 2.80. The van der Waals surface area contributed by atoms with Gasteiger partial charge in [0.25, 0.3) is 5.92 Å². The molecule has 14 heavy (non-hydrogen) atoms. The minimum absolute atomic E-state index is 0. The van der Waals surface area contributed by atoms with E-state index in [1.54, 1.807) is 0 Å². The molecule has 2 nitrogen and oxygen atoms in total. The predicted molar refractivity (Wildman–Crippen MR) is 53.6 cm³/mol. The van der Waals surface area contributed by atoms with E-state index >= 15 is 0 Å². The zero-order valence-electron chi connectivity index (χ0n) is 7.84. The van der Waals surface area contributed by atoms with E-state index in [4.69, 9.17) is 5.73 Å². The molecule has 0 fully saturated rings. The van der Waals surface area contributed by atoms with E-state index in [1.165, 1.54) is 25.3 Å². The fraction of sp³-hybridized carbons (Fsp3) is 0.444. The van der Waals surface area contributed by atoms with E-state index in [2.05, 4.69) is 4.98 Å². The quantitative estimate of drug-likeness (QED) is 0.853. The highest BCUT2D eigenvalue weighted by Crippen LogP contribution is 2.30. The number of pyridine rings is 1. The maximum atomic E-state index is 13.1. The molecule has 0 spiro atoms. The number of aromatic nitrogens is 1. The van der Waals surface area contributed by atoms with Crippen LogP contribution in [0.1, 0.15) is 24.6 Å². The summed E-state index contributed by atoms with van der Waals surface area (Å²) in [7, 11) is 0. The SMILES string of the molecule is CCC(F)(F)c1ccnc(CN)c1.Cl. The molecule has 0 unspecified atom stereocenters. The molecule has 0 aliphatic heterocycles. The van der Waals surface area contributed by atoms with Gasteiger partial charge in [-0.2, -0.15) is 0 Å².